The lowest BCUT2D eigenvalue weighted by atomic mass is 9.75. The molecule has 1 fully saturated rings. The lowest BCUT2D eigenvalue weighted by molar-refractivity contribution is 0.0752. The second-order valence-corrected chi connectivity index (χ2v) is 6.65. The van der Waals surface area contributed by atoms with E-state index in [1.54, 1.807) is 0 Å². The van der Waals surface area contributed by atoms with Crippen LogP contribution < -0.4 is 5.32 Å². The van der Waals surface area contributed by atoms with Gasteiger partial charge in [-0.1, -0.05) is 19.8 Å². The highest BCUT2D eigenvalue weighted by molar-refractivity contribution is 4.94. The Kier molecular flexibility index (Phi) is 6.61. The van der Waals surface area contributed by atoms with Crippen molar-refractivity contribution in [2.24, 2.45) is 5.92 Å². The van der Waals surface area contributed by atoms with Crippen LogP contribution in [0.5, 0.6) is 0 Å². The summed E-state index contributed by atoms with van der Waals surface area (Å²) in [7, 11) is 8.79. The molecule has 1 rings (SSSR count). The van der Waals surface area contributed by atoms with Crippen LogP contribution >= 0.6 is 0 Å². The Morgan fingerprint density at radius 2 is 1.94 bits per heavy atom. The van der Waals surface area contributed by atoms with Gasteiger partial charge in [0.1, 0.15) is 0 Å². The van der Waals surface area contributed by atoms with E-state index in [4.69, 9.17) is 0 Å². The number of rotatable bonds is 7. The number of hydrogen-bond acceptors (Lipinski definition) is 3. The predicted octanol–water partition coefficient (Wildman–Crippen LogP) is 2.04. The topological polar surface area (TPSA) is 18.5 Å². The van der Waals surface area contributed by atoms with Crippen LogP contribution in [0.25, 0.3) is 0 Å². The Balaban J connectivity index is 2.34. The van der Waals surface area contributed by atoms with Gasteiger partial charge in [-0.05, 0) is 66.5 Å². The van der Waals surface area contributed by atoms with E-state index in [1.165, 1.54) is 38.6 Å². The van der Waals surface area contributed by atoms with Crippen LogP contribution in [0.15, 0.2) is 0 Å². The van der Waals surface area contributed by atoms with Crippen molar-refractivity contribution in [1.29, 1.82) is 0 Å². The second-order valence-electron chi connectivity index (χ2n) is 6.65. The third-order valence-corrected chi connectivity index (χ3v) is 4.43. The van der Waals surface area contributed by atoms with Crippen LogP contribution in [0.1, 0.15) is 39.0 Å². The minimum Gasteiger partial charge on any atom is -0.315 e. The summed E-state index contributed by atoms with van der Waals surface area (Å²) in [6, 6.07) is 0. The maximum atomic E-state index is 3.68. The minimum atomic E-state index is 0.399. The van der Waals surface area contributed by atoms with Crippen molar-refractivity contribution in [3.63, 3.8) is 0 Å². The molecule has 0 aromatic heterocycles. The minimum absolute atomic E-state index is 0.399. The van der Waals surface area contributed by atoms with Crippen molar-refractivity contribution in [1.82, 2.24) is 15.1 Å². The Hall–Kier alpha value is -0.120. The fraction of sp³-hybridized carbons (Fsp3) is 1.00. The predicted molar refractivity (Wildman–Crippen MR) is 80.1 cm³/mol. The molecule has 1 aliphatic carbocycles. The number of likely N-dealkylation sites (N-methyl/N-ethyl adjacent to an activating group) is 1. The van der Waals surface area contributed by atoms with Gasteiger partial charge in [0.25, 0.3) is 0 Å². The van der Waals surface area contributed by atoms with Gasteiger partial charge in [-0.2, -0.15) is 0 Å². The largest absolute Gasteiger partial charge is 0.315 e. The molecule has 3 heteroatoms. The normalized spacial score (nSPS) is 29.2. The molecular weight excluding hydrogens is 222 g/mol. The third-order valence-electron chi connectivity index (χ3n) is 4.43. The van der Waals surface area contributed by atoms with Gasteiger partial charge in [-0.15, -0.1) is 0 Å². The average molecular weight is 255 g/mol. The molecule has 1 saturated carbocycles. The summed E-state index contributed by atoms with van der Waals surface area (Å²) in [6.07, 6.45) is 6.74. The van der Waals surface area contributed by atoms with E-state index in [2.05, 4.69) is 50.2 Å². The van der Waals surface area contributed by atoms with E-state index in [1.807, 2.05) is 0 Å². The molecule has 0 aromatic rings. The van der Waals surface area contributed by atoms with Gasteiger partial charge in [0.05, 0.1) is 0 Å². The van der Waals surface area contributed by atoms with E-state index >= 15 is 0 Å². The van der Waals surface area contributed by atoms with Crippen LogP contribution in [0, 0.1) is 5.92 Å². The average Bonchev–Trinajstić information content (AvgIpc) is 2.28. The van der Waals surface area contributed by atoms with E-state index in [9.17, 15) is 0 Å². The zero-order valence-electron chi connectivity index (χ0n) is 13.1. The first-order valence-electron chi connectivity index (χ1n) is 7.49. The molecule has 0 spiro atoms. The first-order chi connectivity index (χ1) is 8.46. The summed E-state index contributed by atoms with van der Waals surface area (Å²) in [6.45, 7) is 5.88. The Labute approximate surface area is 114 Å². The van der Waals surface area contributed by atoms with Gasteiger partial charge in [0, 0.05) is 12.1 Å². The number of nitrogens with one attached hydrogen (secondary N) is 1. The zero-order valence-corrected chi connectivity index (χ0v) is 13.1. The SMILES string of the molecule is CC1CCCC(CNCCCN(C)C)(N(C)C)C1. The highest BCUT2D eigenvalue weighted by atomic mass is 15.2. The number of nitrogens with zero attached hydrogens (tertiary/aromatic N) is 2. The molecule has 1 N–H and O–H groups in total. The van der Waals surface area contributed by atoms with Crippen LogP contribution in [0.3, 0.4) is 0 Å². The van der Waals surface area contributed by atoms with Crippen molar-refractivity contribution in [2.75, 3.05) is 47.8 Å². The summed E-state index contributed by atoms with van der Waals surface area (Å²) < 4.78 is 0. The summed E-state index contributed by atoms with van der Waals surface area (Å²) in [5.41, 5.74) is 0.399. The highest BCUT2D eigenvalue weighted by Crippen LogP contribution is 2.35. The molecule has 0 amide bonds. The van der Waals surface area contributed by atoms with Gasteiger partial charge in [0.2, 0.25) is 0 Å². The molecule has 2 unspecified atom stereocenters. The lowest BCUT2D eigenvalue weighted by Gasteiger charge is -2.45. The molecule has 0 bridgehead atoms. The molecule has 0 radical (unpaired) electrons. The number of hydrogen-bond donors (Lipinski definition) is 1. The van der Waals surface area contributed by atoms with Crippen LogP contribution in [0.4, 0.5) is 0 Å². The van der Waals surface area contributed by atoms with Crippen molar-refractivity contribution >= 4 is 0 Å². The van der Waals surface area contributed by atoms with Crippen LogP contribution in [-0.2, 0) is 0 Å². The maximum absolute atomic E-state index is 3.68. The first-order valence-corrected chi connectivity index (χ1v) is 7.49. The van der Waals surface area contributed by atoms with E-state index in [0.29, 0.717) is 5.54 Å². The molecule has 18 heavy (non-hydrogen) atoms. The van der Waals surface area contributed by atoms with Crippen LogP contribution in [-0.4, -0.2) is 63.2 Å². The van der Waals surface area contributed by atoms with Crippen molar-refractivity contribution in [3.8, 4) is 0 Å². The molecule has 0 saturated heterocycles. The summed E-state index contributed by atoms with van der Waals surface area (Å²) in [5.74, 6) is 0.879. The highest BCUT2D eigenvalue weighted by Gasteiger charge is 2.36. The van der Waals surface area contributed by atoms with E-state index in [-0.39, 0.29) is 0 Å². The first kappa shape index (κ1) is 15.9. The van der Waals surface area contributed by atoms with Crippen molar-refractivity contribution in [2.45, 2.75) is 44.6 Å². The van der Waals surface area contributed by atoms with Gasteiger partial charge < -0.3 is 15.1 Å². The molecule has 2 atom stereocenters. The Morgan fingerprint density at radius 3 is 2.50 bits per heavy atom. The second kappa shape index (κ2) is 7.46. The molecule has 0 heterocycles. The fourth-order valence-corrected chi connectivity index (χ4v) is 3.20. The maximum Gasteiger partial charge on any atom is 0.0330 e. The lowest BCUT2D eigenvalue weighted by Crippen LogP contribution is -2.54. The third kappa shape index (κ3) is 4.87. The monoisotopic (exact) mass is 255 g/mol. The van der Waals surface area contributed by atoms with Gasteiger partial charge in [-0.3, -0.25) is 0 Å². The van der Waals surface area contributed by atoms with Gasteiger partial charge in [-0.25, -0.2) is 0 Å². The Bertz CT molecular complexity index is 228. The van der Waals surface area contributed by atoms with Crippen LogP contribution in [0.2, 0.25) is 0 Å². The zero-order chi connectivity index (χ0) is 13.6. The van der Waals surface area contributed by atoms with Gasteiger partial charge in [0.15, 0.2) is 0 Å². The van der Waals surface area contributed by atoms with Crippen molar-refractivity contribution in [3.05, 3.63) is 0 Å². The summed E-state index contributed by atoms with van der Waals surface area (Å²) >= 11 is 0. The van der Waals surface area contributed by atoms with E-state index in [0.717, 1.165) is 19.0 Å². The standard InChI is InChI=1S/C15H33N3/c1-14-8-6-9-15(12-14,18(4)5)13-16-10-7-11-17(2)3/h14,16H,6-13H2,1-5H3. The Morgan fingerprint density at radius 1 is 1.22 bits per heavy atom. The molecule has 108 valence electrons. The molecule has 3 nitrogen and oxygen atoms in total. The molecule has 0 aromatic carbocycles. The van der Waals surface area contributed by atoms with Crippen molar-refractivity contribution < 1.29 is 0 Å². The summed E-state index contributed by atoms with van der Waals surface area (Å²) in [5, 5.41) is 3.68. The van der Waals surface area contributed by atoms with Gasteiger partial charge >= 0.3 is 0 Å². The smallest absolute Gasteiger partial charge is 0.0330 e. The quantitative estimate of drug-likeness (QED) is 0.702. The summed E-state index contributed by atoms with van der Waals surface area (Å²) in [4.78, 5) is 4.72. The molecule has 1 aliphatic rings. The molecular formula is C15H33N3. The fourth-order valence-electron chi connectivity index (χ4n) is 3.20. The molecule has 0 aliphatic heterocycles. The van der Waals surface area contributed by atoms with E-state index < -0.39 is 0 Å².